The van der Waals surface area contributed by atoms with Crippen LogP contribution in [0.4, 0.5) is 5.82 Å². The van der Waals surface area contributed by atoms with Gasteiger partial charge in [0.05, 0.1) is 0 Å². The van der Waals surface area contributed by atoms with Gasteiger partial charge in [-0.15, -0.1) is 0 Å². The van der Waals surface area contributed by atoms with Gasteiger partial charge in [0, 0.05) is 29.8 Å². The largest absolute Gasteiger partial charge is 0.383 e. The summed E-state index contributed by atoms with van der Waals surface area (Å²) in [5, 5.41) is 0. The number of nitrogens with two attached hydrogens (primary N) is 2. The molecule has 1 aliphatic heterocycles. The number of hydrogen-bond donors (Lipinski definition) is 2. The highest BCUT2D eigenvalue weighted by atomic mass is 79.9. The molecule has 0 radical (unpaired) electrons. The highest BCUT2D eigenvalue weighted by Crippen LogP contribution is 2.26. The van der Waals surface area contributed by atoms with E-state index in [0.29, 0.717) is 17.6 Å². The smallest absolute Gasteiger partial charge is 0.246 e. The minimum absolute atomic E-state index is 0.00340. The molecule has 1 aromatic rings. The van der Waals surface area contributed by atoms with Gasteiger partial charge in [0.25, 0.3) is 0 Å². The van der Waals surface area contributed by atoms with Crippen molar-refractivity contribution < 1.29 is 8.42 Å². The third-order valence-corrected chi connectivity index (χ3v) is 4.64. The predicted molar refractivity (Wildman–Crippen MR) is 63.1 cm³/mol. The number of rotatable bonds is 2. The third-order valence-electron chi connectivity index (χ3n) is 2.34. The Morgan fingerprint density at radius 3 is 2.69 bits per heavy atom. The van der Waals surface area contributed by atoms with Crippen molar-refractivity contribution in [3.05, 3.63) is 16.7 Å². The van der Waals surface area contributed by atoms with Gasteiger partial charge in [-0.3, -0.25) is 0 Å². The van der Waals surface area contributed by atoms with Crippen LogP contribution in [0.3, 0.4) is 0 Å². The topological polar surface area (TPSA) is 102 Å². The molecule has 0 amide bonds. The number of halogens is 1. The fourth-order valence-corrected chi connectivity index (χ4v) is 3.57. The van der Waals surface area contributed by atoms with Crippen LogP contribution in [-0.4, -0.2) is 36.8 Å². The maximum atomic E-state index is 12.1. The van der Waals surface area contributed by atoms with Gasteiger partial charge in [0.15, 0.2) is 0 Å². The van der Waals surface area contributed by atoms with Crippen LogP contribution in [0.1, 0.15) is 0 Å². The Morgan fingerprint density at radius 2 is 2.12 bits per heavy atom. The molecule has 6 nitrogen and oxygen atoms in total. The molecule has 0 aromatic carbocycles. The molecule has 0 aliphatic carbocycles. The van der Waals surface area contributed by atoms with E-state index >= 15 is 0 Å². The molecule has 8 heteroatoms. The second-order valence-corrected chi connectivity index (χ2v) is 6.44. The van der Waals surface area contributed by atoms with Crippen LogP contribution in [0.5, 0.6) is 0 Å². The molecular weight excluding hydrogens is 296 g/mol. The summed E-state index contributed by atoms with van der Waals surface area (Å²) in [5.74, 6) is 0.00340. The normalized spacial score (nSPS) is 18.4. The summed E-state index contributed by atoms with van der Waals surface area (Å²) in [6, 6.07) is 1.36. The molecule has 0 atom stereocenters. The highest BCUT2D eigenvalue weighted by molar-refractivity contribution is 9.10. The van der Waals surface area contributed by atoms with E-state index in [1.165, 1.54) is 16.6 Å². The first-order valence-corrected chi connectivity index (χ1v) is 6.81. The van der Waals surface area contributed by atoms with E-state index in [2.05, 4.69) is 20.9 Å². The van der Waals surface area contributed by atoms with E-state index in [9.17, 15) is 8.42 Å². The summed E-state index contributed by atoms with van der Waals surface area (Å²) in [5.41, 5.74) is 11.1. The van der Waals surface area contributed by atoms with Crippen molar-refractivity contribution in [3.63, 3.8) is 0 Å². The maximum Gasteiger partial charge on any atom is 0.246 e. The van der Waals surface area contributed by atoms with Crippen LogP contribution in [0.15, 0.2) is 21.6 Å². The molecule has 2 rings (SSSR count). The number of hydrogen-bond acceptors (Lipinski definition) is 5. The van der Waals surface area contributed by atoms with E-state index in [1.54, 1.807) is 0 Å². The number of sulfonamides is 1. The molecule has 4 N–H and O–H groups in total. The summed E-state index contributed by atoms with van der Waals surface area (Å²) in [6.07, 6.45) is 1.45. The molecular formula is C8H11BrN4O2S. The SMILES string of the molecule is Nc1ncc(Br)cc1S(=O)(=O)N1CC(N)C1. The van der Waals surface area contributed by atoms with Gasteiger partial charge in [0.2, 0.25) is 10.0 Å². The minimum Gasteiger partial charge on any atom is -0.383 e. The zero-order valence-corrected chi connectivity index (χ0v) is 10.7. The van der Waals surface area contributed by atoms with Crippen molar-refractivity contribution in [1.82, 2.24) is 9.29 Å². The quantitative estimate of drug-likeness (QED) is 0.785. The Bertz CT molecular complexity index is 513. The van der Waals surface area contributed by atoms with Gasteiger partial charge >= 0.3 is 0 Å². The Balaban J connectivity index is 2.40. The average molecular weight is 307 g/mol. The fraction of sp³-hybridized carbons (Fsp3) is 0.375. The molecule has 0 saturated carbocycles. The molecule has 1 saturated heterocycles. The lowest BCUT2D eigenvalue weighted by atomic mass is 10.2. The van der Waals surface area contributed by atoms with Crippen molar-refractivity contribution in [3.8, 4) is 0 Å². The van der Waals surface area contributed by atoms with Crippen molar-refractivity contribution in [2.24, 2.45) is 5.73 Å². The molecule has 1 aromatic heterocycles. The lowest BCUT2D eigenvalue weighted by Gasteiger charge is -2.35. The predicted octanol–water partition coefficient (Wildman–Crippen LogP) is -0.242. The molecule has 0 bridgehead atoms. The van der Waals surface area contributed by atoms with E-state index in [0.717, 1.165) is 0 Å². The first-order valence-electron chi connectivity index (χ1n) is 4.58. The van der Waals surface area contributed by atoms with Crippen molar-refractivity contribution in [1.29, 1.82) is 0 Å². The molecule has 16 heavy (non-hydrogen) atoms. The number of anilines is 1. The molecule has 1 aliphatic rings. The molecule has 0 unspecified atom stereocenters. The second-order valence-electron chi connectivity index (χ2n) is 3.62. The molecule has 0 spiro atoms. The van der Waals surface area contributed by atoms with Gasteiger partial charge in [-0.2, -0.15) is 4.31 Å². The monoisotopic (exact) mass is 306 g/mol. The van der Waals surface area contributed by atoms with Gasteiger partial charge in [-0.1, -0.05) is 0 Å². The van der Waals surface area contributed by atoms with Gasteiger partial charge < -0.3 is 11.5 Å². The zero-order valence-electron chi connectivity index (χ0n) is 8.30. The number of pyridine rings is 1. The summed E-state index contributed by atoms with van der Waals surface area (Å²) < 4.78 is 26.0. The molecule has 1 fully saturated rings. The number of nitrogens with zero attached hydrogens (tertiary/aromatic N) is 2. The van der Waals surface area contributed by atoms with Crippen molar-refractivity contribution in [2.75, 3.05) is 18.8 Å². The first-order chi connectivity index (χ1) is 7.41. The van der Waals surface area contributed by atoms with Gasteiger partial charge in [-0.25, -0.2) is 13.4 Å². The van der Waals surface area contributed by atoms with E-state index < -0.39 is 10.0 Å². The lowest BCUT2D eigenvalue weighted by Crippen LogP contribution is -2.57. The van der Waals surface area contributed by atoms with Crippen LogP contribution in [-0.2, 0) is 10.0 Å². The van der Waals surface area contributed by atoms with Gasteiger partial charge in [0.1, 0.15) is 10.7 Å². The standard InChI is InChI=1S/C8H11BrN4O2S/c9-5-1-7(8(11)12-2-5)16(14,15)13-3-6(10)4-13/h1-2,6H,3-4,10H2,(H2,11,12). The van der Waals surface area contributed by atoms with Crippen LogP contribution in [0.2, 0.25) is 0 Å². The minimum atomic E-state index is -3.55. The Hall–Kier alpha value is -0.700. The van der Waals surface area contributed by atoms with Crippen LogP contribution < -0.4 is 11.5 Å². The van der Waals surface area contributed by atoms with Gasteiger partial charge in [-0.05, 0) is 22.0 Å². The van der Waals surface area contributed by atoms with Crippen molar-refractivity contribution >= 4 is 31.8 Å². The Morgan fingerprint density at radius 1 is 1.50 bits per heavy atom. The van der Waals surface area contributed by atoms with E-state index in [4.69, 9.17) is 11.5 Å². The summed E-state index contributed by atoms with van der Waals surface area (Å²) in [6.45, 7) is 0.655. The van der Waals surface area contributed by atoms with Crippen LogP contribution in [0.25, 0.3) is 0 Å². The lowest BCUT2D eigenvalue weighted by molar-refractivity contribution is 0.265. The molecule has 2 heterocycles. The zero-order chi connectivity index (χ0) is 11.9. The van der Waals surface area contributed by atoms with Crippen molar-refractivity contribution in [2.45, 2.75) is 10.9 Å². The Kier molecular flexibility index (Phi) is 2.91. The number of aromatic nitrogens is 1. The van der Waals surface area contributed by atoms with Crippen LogP contribution in [0, 0.1) is 0 Å². The van der Waals surface area contributed by atoms with E-state index in [-0.39, 0.29) is 16.8 Å². The second kappa shape index (κ2) is 3.95. The first kappa shape index (κ1) is 11.8. The fourth-order valence-electron chi connectivity index (χ4n) is 1.44. The maximum absolute atomic E-state index is 12.1. The number of nitrogen functional groups attached to an aromatic ring is 1. The summed E-state index contributed by atoms with van der Waals surface area (Å²) in [7, 11) is -3.55. The summed E-state index contributed by atoms with van der Waals surface area (Å²) >= 11 is 3.16. The highest BCUT2D eigenvalue weighted by Gasteiger charge is 2.36. The third kappa shape index (κ3) is 1.93. The Labute approximate surface area is 102 Å². The average Bonchev–Trinajstić information content (AvgIpc) is 2.16. The molecule has 88 valence electrons. The van der Waals surface area contributed by atoms with Crippen LogP contribution >= 0.6 is 15.9 Å². The summed E-state index contributed by atoms with van der Waals surface area (Å²) in [4.78, 5) is 3.82. The van der Waals surface area contributed by atoms with E-state index in [1.807, 2.05) is 0 Å².